The summed E-state index contributed by atoms with van der Waals surface area (Å²) in [7, 11) is 0. The Labute approximate surface area is 176 Å². The van der Waals surface area contributed by atoms with Crippen molar-refractivity contribution in [2.45, 2.75) is 37.1 Å². The molecule has 1 aliphatic carbocycles. The number of nitrogens with one attached hydrogen (secondary N) is 1. The zero-order valence-corrected chi connectivity index (χ0v) is 17.0. The van der Waals surface area contributed by atoms with Crippen molar-refractivity contribution < 1.29 is 13.9 Å². The van der Waals surface area contributed by atoms with Crippen LogP contribution in [0.25, 0.3) is 10.3 Å². The summed E-state index contributed by atoms with van der Waals surface area (Å²) in [4.78, 5) is 29.0. The first-order valence-corrected chi connectivity index (χ1v) is 11.0. The number of carbonyl (C=O) groups is 1. The molecule has 6 rings (SSSR count). The maximum atomic E-state index is 13.9. The lowest BCUT2D eigenvalue weighted by Crippen LogP contribution is -2.38. The molecule has 2 aliphatic heterocycles. The molecule has 1 saturated heterocycles. The number of anilines is 2. The number of rotatable bonds is 3. The molecule has 3 aliphatic rings. The Balaban J connectivity index is 1.35. The summed E-state index contributed by atoms with van der Waals surface area (Å²) in [5.74, 6) is 0.284. The molecule has 30 heavy (non-hydrogen) atoms. The van der Waals surface area contributed by atoms with Crippen LogP contribution >= 0.6 is 11.3 Å². The molecule has 1 amide bonds. The van der Waals surface area contributed by atoms with Gasteiger partial charge in [0.2, 0.25) is 0 Å². The Hall–Kier alpha value is -2.65. The van der Waals surface area contributed by atoms with Crippen LogP contribution in [0.15, 0.2) is 24.5 Å². The van der Waals surface area contributed by atoms with Crippen LogP contribution in [0.5, 0.6) is 0 Å². The summed E-state index contributed by atoms with van der Waals surface area (Å²) >= 11 is 1.27. The third kappa shape index (κ3) is 2.87. The van der Waals surface area contributed by atoms with Gasteiger partial charge in [-0.2, -0.15) is 0 Å². The summed E-state index contributed by atoms with van der Waals surface area (Å²) in [6.45, 7) is 2.08. The van der Waals surface area contributed by atoms with Gasteiger partial charge in [-0.05, 0) is 49.4 Å². The SMILES string of the molecule is O=C(NC1CCOCC1)c1nc2c(N3CC4(CC4)c4cc(F)ccc43)ncnc2s1. The molecule has 0 bridgehead atoms. The van der Waals surface area contributed by atoms with E-state index in [1.807, 2.05) is 6.07 Å². The summed E-state index contributed by atoms with van der Waals surface area (Å²) in [5.41, 5.74) is 2.64. The summed E-state index contributed by atoms with van der Waals surface area (Å²) in [5, 5.41) is 3.44. The second kappa shape index (κ2) is 6.68. The first-order valence-electron chi connectivity index (χ1n) is 10.2. The molecule has 1 spiro atoms. The minimum atomic E-state index is -0.213. The quantitative estimate of drug-likeness (QED) is 0.694. The highest BCUT2D eigenvalue weighted by atomic mass is 32.1. The Kier molecular flexibility index (Phi) is 4.04. The number of hydrogen-bond donors (Lipinski definition) is 1. The van der Waals surface area contributed by atoms with Gasteiger partial charge in [-0.15, -0.1) is 0 Å². The van der Waals surface area contributed by atoms with E-state index in [2.05, 4.69) is 25.2 Å². The molecular formula is C21H20FN5O2S. The number of fused-ring (bicyclic) bond motifs is 3. The first kappa shape index (κ1) is 18.1. The van der Waals surface area contributed by atoms with E-state index >= 15 is 0 Å². The van der Waals surface area contributed by atoms with Crippen LogP contribution < -0.4 is 10.2 Å². The normalized spacial score (nSPS) is 20.0. The van der Waals surface area contributed by atoms with E-state index in [0.717, 1.165) is 43.5 Å². The van der Waals surface area contributed by atoms with E-state index in [1.54, 1.807) is 6.07 Å². The number of amides is 1. The van der Waals surface area contributed by atoms with Crippen molar-refractivity contribution >= 4 is 39.1 Å². The highest BCUT2D eigenvalue weighted by Crippen LogP contribution is 2.58. The topological polar surface area (TPSA) is 80.2 Å². The molecule has 4 heterocycles. The average molecular weight is 425 g/mol. The molecule has 154 valence electrons. The van der Waals surface area contributed by atoms with E-state index in [1.165, 1.54) is 23.7 Å². The van der Waals surface area contributed by atoms with Crippen LogP contribution in [0.2, 0.25) is 0 Å². The van der Waals surface area contributed by atoms with Crippen molar-refractivity contribution in [3.05, 3.63) is 40.9 Å². The maximum absolute atomic E-state index is 13.9. The molecule has 2 fully saturated rings. The predicted octanol–water partition coefficient (Wildman–Crippen LogP) is 3.32. The molecule has 9 heteroatoms. The van der Waals surface area contributed by atoms with Gasteiger partial charge in [-0.3, -0.25) is 4.79 Å². The molecule has 1 saturated carbocycles. The van der Waals surface area contributed by atoms with E-state index in [4.69, 9.17) is 4.74 Å². The maximum Gasteiger partial charge on any atom is 0.280 e. The van der Waals surface area contributed by atoms with Crippen LogP contribution in [-0.4, -0.2) is 46.7 Å². The fourth-order valence-electron chi connectivity index (χ4n) is 4.53. The standard InChI is InChI=1S/C21H20FN5O2S/c22-12-1-2-15-14(9-12)21(5-6-21)10-27(15)17-16-19(24-11-23-17)30-20(26-16)18(28)25-13-3-7-29-8-4-13/h1-2,9,11,13H,3-8,10H2,(H,25,28). The second-order valence-electron chi connectivity index (χ2n) is 8.26. The van der Waals surface area contributed by atoms with E-state index < -0.39 is 0 Å². The number of benzene rings is 1. The van der Waals surface area contributed by atoms with Crippen LogP contribution in [0.4, 0.5) is 15.9 Å². The van der Waals surface area contributed by atoms with Gasteiger partial charge < -0.3 is 15.0 Å². The minimum absolute atomic E-state index is 0.00792. The Morgan fingerprint density at radius 3 is 2.90 bits per heavy atom. The number of hydrogen-bond acceptors (Lipinski definition) is 7. The van der Waals surface area contributed by atoms with Gasteiger partial charge in [0.1, 0.15) is 22.5 Å². The first-order chi connectivity index (χ1) is 14.6. The predicted molar refractivity (Wildman–Crippen MR) is 111 cm³/mol. The van der Waals surface area contributed by atoms with Crippen LogP contribution in [-0.2, 0) is 10.2 Å². The van der Waals surface area contributed by atoms with Crippen molar-refractivity contribution in [1.82, 2.24) is 20.3 Å². The fourth-order valence-corrected chi connectivity index (χ4v) is 5.34. The molecule has 3 aromatic rings. The molecule has 0 radical (unpaired) electrons. The van der Waals surface area contributed by atoms with Gasteiger partial charge >= 0.3 is 0 Å². The number of ether oxygens (including phenoxy) is 1. The van der Waals surface area contributed by atoms with Gasteiger partial charge in [-0.25, -0.2) is 19.3 Å². The lowest BCUT2D eigenvalue weighted by Gasteiger charge is -2.22. The van der Waals surface area contributed by atoms with Gasteiger partial charge in [0, 0.05) is 36.9 Å². The van der Waals surface area contributed by atoms with Crippen LogP contribution in [0.3, 0.4) is 0 Å². The van der Waals surface area contributed by atoms with Gasteiger partial charge in [0.05, 0.1) is 0 Å². The smallest absolute Gasteiger partial charge is 0.280 e. The number of halogens is 1. The van der Waals surface area contributed by atoms with E-state index in [-0.39, 0.29) is 23.2 Å². The zero-order valence-electron chi connectivity index (χ0n) is 16.2. The molecule has 2 aromatic heterocycles. The van der Waals surface area contributed by atoms with Gasteiger partial charge in [-0.1, -0.05) is 11.3 Å². The Bertz CT molecular complexity index is 1160. The zero-order chi connectivity index (χ0) is 20.3. The molecule has 0 atom stereocenters. The largest absolute Gasteiger partial charge is 0.381 e. The Morgan fingerprint density at radius 1 is 1.27 bits per heavy atom. The minimum Gasteiger partial charge on any atom is -0.381 e. The highest BCUT2D eigenvalue weighted by molar-refractivity contribution is 7.20. The van der Waals surface area contributed by atoms with Crippen molar-refractivity contribution in [2.75, 3.05) is 24.7 Å². The molecule has 7 nitrogen and oxygen atoms in total. The van der Waals surface area contributed by atoms with E-state index in [0.29, 0.717) is 34.4 Å². The van der Waals surface area contributed by atoms with Crippen LogP contribution in [0.1, 0.15) is 41.0 Å². The van der Waals surface area contributed by atoms with Crippen molar-refractivity contribution in [3.63, 3.8) is 0 Å². The lowest BCUT2D eigenvalue weighted by atomic mass is 9.99. The Morgan fingerprint density at radius 2 is 2.10 bits per heavy atom. The molecule has 1 aromatic carbocycles. The second-order valence-corrected chi connectivity index (χ2v) is 9.24. The molecule has 0 unspecified atom stereocenters. The van der Waals surface area contributed by atoms with Crippen molar-refractivity contribution in [3.8, 4) is 0 Å². The number of carbonyl (C=O) groups excluding carboxylic acids is 1. The van der Waals surface area contributed by atoms with E-state index in [9.17, 15) is 9.18 Å². The number of thiazole rings is 1. The third-order valence-corrected chi connectivity index (χ3v) is 7.28. The molecular weight excluding hydrogens is 405 g/mol. The lowest BCUT2D eigenvalue weighted by molar-refractivity contribution is 0.0696. The molecule has 1 N–H and O–H groups in total. The fraction of sp³-hybridized carbons (Fsp3) is 0.429. The third-order valence-electron chi connectivity index (χ3n) is 6.32. The summed E-state index contributed by atoms with van der Waals surface area (Å²) in [6.07, 6.45) is 5.22. The number of aromatic nitrogens is 3. The summed E-state index contributed by atoms with van der Waals surface area (Å²) in [6, 6.07) is 5.06. The highest BCUT2D eigenvalue weighted by Gasteiger charge is 2.52. The van der Waals surface area contributed by atoms with Crippen LogP contribution in [0, 0.1) is 5.82 Å². The van der Waals surface area contributed by atoms with Gasteiger partial charge in [0.15, 0.2) is 10.8 Å². The monoisotopic (exact) mass is 425 g/mol. The van der Waals surface area contributed by atoms with Crippen molar-refractivity contribution in [1.29, 1.82) is 0 Å². The van der Waals surface area contributed by atoms with Gasteiger partial charge in [0.25, 0.3) is 5.91 Å². The summed E-state index contributed by atoms with van der Waals surface area (Å²) < 4.78 is 19.2. The average Bonchev–Trinajstić information content (AvgIpc) is 3.29. The van der Waals surface area contributed by atoms with Crippen molar-refractivity contribution in [2.24, 2.45) is 0 Å². The number of nitrogens with zero attached hydrogens (tertiary/aromatic N) is 4.